The normalized spacial score (nSPS) is 30.8. The third-order valence-corrected chi connectivity index (χ3v) is 4.64. The number of carbonyl (C=O) groups excluding carboxylic acids is 1. The molecule has 2 bridgehead atoms. The van der Waals surface area contributed by atoms with E-state index in [1.54, 1.807) is 7.11 Å². The summed E-state index contributed by atoms with van der Waals surface area (Å²) >= 11 is 3.43. The molecule has 17 heavy (non-hydrogen) atoms. The second-order valence-electron chi connectivity index (χ2n) is 5.29. The topological polar surface area (TPSA) is 29.5 Å². The molecule has 0 spiro atoms. The van der Waals surface area contributed by atoms with Crippen molar-refractivity contribution < 1.29 is 9.53 Å². The van der Waals surface area contributed by atoms with Crippen LogP contribution in [0.4, 0.5) is 0 Å². The van der Waals surface area contributed by atoms with Crippen molar-refractivity contribution in [2.24, 2.45) is 17.8 Å². The molecular formula is C13H22BrNO2. The first-order valence-corrected chi connectivity index (χ1v) is 7.72. The largest absolute Gasteiger partial charge is 0.383 e. The molecule has 1 amide bonds. The smallest absolute Gasteiger partial charge is 0.226 e. The van der Waals surface area contributed by atoms with E-state index >= 15 is 0 Å². The molecule has 2 aliphatic rings. The molecule has 3 unspecified atom stereocenters. The van der Waals surface area contributed by atoms with Gasteiger partial charge in [0, 0.05) is 31.4 Å². The molecule has 0 radical (unpaired) electrons. The van der Waals surface area contributed by atoms with Crippen molar-refractivity contribution in [1.29, 1.82) is 0 Å². The van der Waals surface area contributed by atoms with Gasteiger partial charge in [-0.2, -0.15) is 0 Å². The monoisotopic (exact) mass is 303 g/mol. The fourth-order valence-corrected chi connectivity index (χ4v) is 3.85. The number of hydrogen-bond donors (Lipinski definition) is 0. The minimum absolute atomic E-state index is 0.310. The number of rotatable bonds is 6. The van der Waals surface area contributed by atoms with Crippen LogP contribution in [0, 0.1) is 17.8 Å². The van der Waals surface area contributed by atoms with Gasteiger partial charge in [-0.15, -0.1) is 0 Å². The minimum atomic E-state index is 0.310. The van der Waals surface area contributed by atoms with E-state index in [9.17, 15) is 4.79 Å². The quantitative estimate of drug-likeness (QED) is 0.705. The van der Waals surface area contributed by atoms with E-state index in [2.05, 4.69) is 15.9 Å². The predicted octanol–water partition coefficient (Wildman–Crippen LogP) is 2.29. The summed E-state index contributed by atoms with van der Waals surface area (Å²) in [5, 5.41) is 0.850. The molecule has 0 aromatic rings. The molecule has 0 aromatic heterocycles. The van der Waals surface area contributed by atoms with Crippen LogP contribution in [0.25, 0.3) is 0 Å². The van der Waals surface area contributed by atoms with E-state index in [-0.39, 0.29) is 0 Å². The lowest BCUT2D eigenvalue weighted by molar-refractivity contribution is -0.137. The Hall–Kier alpha value is -0.0900. The van der Waals surface area contributed by atoms with Crippen LogP contribution >= 0.6 is 15.9 Å². The fourth-order valence-electron chi connectivity index (χ4n) is 3.42. The van der Waals surface area contributed by atoms with Crippen LogP contribution in [0.1, 0.15) is 25.7 Å². The number of ether oxygens (including phenoxy) is 1. The highest BCUT2D eigenvalue weighted by Gasteiger charge is 2.44. The van der Waals surface area contributed by atoms with E-state index in [1.165, 1.54) is 19.3 Å². The summed E-state index contributed by atoms with van der Waals surface area (Å²) in [6, 6.07) is 0. The molecule has 2 aliphatic carbocycles. The molecule has 0 heterocycles. The Morgan fingerprint density at radius 2 is 2.18 bits per heavy atom. The second kappa shape index (κ2) is 6.19. The Balaban J connectivity index is 1.91. The summed E-state index contributed by atoms with van der Waals surface area (Å²) < 4.78 is 5.08. The highest BCUT2D eigenvalue weighted by Crippen LogP contribution is 2.48. The van der Waals surface area contributed by atoms with Gasteiger partial charge >= 0.3 is 0 Å². The lowest BCUT2D eigenvalue weighted by Crippen LogP contribution is -2.41. The Bertz CT molecular complexity index is 272. The molecule has 3 nitrogen and oxygen atoms in total. The van der Waals surface area contributed by atoms with E-state index < -0.39 is 0 Å². The first-order chi connectivity index (χ1) is 8.26. The van der Waals surface area contributed by atoms with Crippen molar-refractivity contribution >= 4 is 21.8 Å². The first kappa shape index (κ1) is 13.3. The number of methoxy groups -OCH3 is 1. The molecule has 0 saturated heterocycles. The van der Waals surface area contributed by atoms with Gasteiger partial charge in [0.25, 0.3) is 0 Å². The highest BCUT2D eigenvalue weighted by molar-refractivity contribution is 9.09. The number of nitrogens with zero attached hydrogens (tertiary/aromatic N) is 1. The van der Waals surface area contributed by atoms with Gasteiger partial charge in [-0.05, 0) is 31.1 Å². The predicted molar refractivity (Wildman–Crippen MR) is 71.2 cm³/mol. The van der Waals surface area contributed by atoms with Crippen molar-refractivity contribution in [2.75, 3.05) is 32.1 Å². The van der Waals surface area contributed by atoms with Crippen LogP contribution in [-0.4, -0.2) is 42.9 Å². The van der Waals surface area contributed by atoms with Crippen molar-refractivity contribution in [1.82, 2.24) is 4.90 Å². The summed E-state index contributed by atoms with van der Waals surface area (Å²) in [5.41, 5.74) is 0. The van der Waals surface area contributed by atoms with Crippen molar-refractivity contribution in [3.8, 4) is 0 Å². The summed E-state index contributed by atoms with van der Waals surface area (Å²) in [6.45, 7) is 2.17. The number of hydrogen-bond acceptors (Lipinski definition) is 2. The molecule has 0 aliphatic heterocycles. The Kier molecular flexibility index (Phi) is 4.86. The fraction of sp³-hybridized carbons (Fsp3) is 0.923. The maximum absolute atomic E-state index is 12.5. The number of alkyl halides is 1. The lowest BCUT2D eigenvalue weighted by Gasteiger charge is -2.29. The average molecular weight is 304 g/mol. The molecule has 98 valence electrons. The summed E-state index contributed by atoms with van der Waals surface area (Å²) in [4.78, 5) is 14.5. The summed E-state index contributed by atoms with van der Waals surface area (Å²) in [6.07, 6.45) is 5.05. The molecule has 0 aromatic carbocycles. The highest BCUT2D eigenvalue weighted by atomic mass is 79.9. The maximum atomic E-state index is 12.5. The number of fused-ring (bicyclic) bond motifs is 2. The molecular weight excluding hydrogens is 282 g/mol. The van der Waals surface area contributed by atoms with E-state index in [0.717, 1.165) is 30.8 Å². The van der Waals surface area contributed by atoms with Gasteiger partial charge < -0.3 is 9.64 Å². The van der Waals surface area contributed by atoms with E-state index in [1.807, 2.05) is 4.90 Å². The standard InChI is InChI=1S/C13H22BrNO2/c1-17-7-6-15(5-4-14)13(16)12-9-10-2-3-11(12)8-10/h10-12H,2-9H2,1H3. The van der Waals surface area contributed by atoms with Crippen molar-refractivity contribution in [2.45, 2.75) is 25.7 Å². The SMILES string of the molecule is COCCN(CCBr)C(=O)C1CC2CCC1C2. The van der Waals surface area contributed by atoms with Gasteiger partial charge in [0.15, 0.2) is 0 Å². The number of halogens is 1. The Morgan fingerprint density at radius 1 is 1.35 bits per heavy atom. The molecule has 2 fully saturated rings. The molecule has 4 heteroatoms. The van der Waals surface area contributed by atoms with Crippen molar-refractivity contribution in [3.63, 3.8) is 0 Å². The van der Waals surface area contributed by atoms with Gasteiger partial charge in [-0.3, -0.25) is 4.79 Å². The zero-order valence-corrected chi connectivity index (χ0v) is 12.1. The molecule has 0 N–H and O–H groups in total. The molecule has 2 rings (SSSR count). The van der Waals surface area contributed by atoms with Crippen LogP contribution < -0.4 is 0 Å². The van der Waals surface area contributed by atoms with Crippen LogP contribution in [0.15, 0.2) is 0 Å². The lowest BCUT2D eigenvalue weighted by atomic mass is 9.88. The van der Waals surface area contributed by atoms with Crippen molar-refractivity contribution in [3.05, 3.63) is 0 Å². The number of amides is 1. The zero-order valence-electron chi connectivity index (χ0n) is 10.5. The average Bonchev–Trinajstić information content (AvgIpc) is 2.95. The summed E-state index contributed by atoms with van der Waals surface area (Å²) in [7, 11) is 1.69. The first-order valence-electron chi connectivity index (χ1n) is 6.60. The number of carbonyl (C=O) groups is 1. The van der Waals surface area contributed by atoms with Gasteiger partial charge in [-0.1, -0.05) is 22.4 Å². The van der Waals surface area contributed by atoms with Crippen LogP contribution in [0.5, 0.6) is 0 Å². The maximum Gasteiger partial charge on any atom is 0.226 e. The van der Waals surface area contributed by atoms with Crippen LogP contribution in [0.3, 0.4) is 0 Å². The minimum Gasteiger partial charge on any atom is -0.383 e. The van der Waals surface area contributed by atoms with E-state index in [0.29, 0.717) is 24.3 Å². The molecule has 3 atom stereocenters. The Labute approximate surface area is 112 Å². The van der Waals surface area contributed by atoms with Gasteiger partial charge in [-0.25, -0.2) is 0 Å². The van der Waals surface area contributed by atoms with Gasteiger partial charge in [0.05, 0.1) is 6.61 Å². The Morgan fingerprint density at radius 3 is 2.71 bits per heavy atom. The van der Waals surface area contributed by atoms with Gasteiger partial charge in [0.2, 0.25) is 5.91 Å². The van der Waals surface area contributed by atoms with Gasteiger partial charge in [0.1, 0.15) is 0 Å². The van der Waals surface area contributed by atoms with Crippen LogP contribution in [0.2, 0.25) is 0 Å². The molecule has 2 saturated carbocycles. The second-order valence-corrected chi connectivity index (χ2v) is 6.08. The van der Waals surface area contributed by atoms with Crippen LogP contribution in [-0.2, 0) is 9.53 Å². The summed E-state index contributed by atoms with van der Waals surface area (Å²) in [5.74, 6) is 2.19. The van der Waals surface area contributed by atoms with E-state index in [4.69, 9.17) is 4.74 Å². The third kappa shape index (κ3) is 3.02. The zero-order chi connectivity index (χ0) is 12.3. The third-order valence-electron chi connectivity index (χ3n) is 4.29.